The highest BCUT2D eigenvalue weighted by molar-refractivity contribution is 5.91. The maximum atomic E-state index is 12.5. The van der Waals surface area contributed by atoms with Crippen molar-refractivity contribution in [1.29, 1.82) is 0 Å². The van der Waals surface area contributed by atoms with E-state index in [0.29, 0.717) is 92.9 Å². The van der Waals surface area contributed by atoms with Crippen LogP contribution >= 0.6 is 0 Å². The summed E-state index contributed by atoms with van der Waals surface area (Å²) >= 11 is 0. The first-order valence-electron chi connectivity index (χ1n) is 47.2. The van der Waals surface area contributed by atoms with Crippen molar-refractivity contribution >= 4 is 114 Å². The molecule has 10 aromatic rings. The average Bonchev–Trinajstić information content (AvgIpc) is 1.64. The Bertz CT molecular complexity index is 6350. The van der Waals surface area contributed by atoms with Gasteiger partial charge in [0.1, 0.15) is 103 Å². The molecule has 0 radical (unpaired) electrons. The molecule has 5 saturated heterocycles. The van der Waals surface area contributed by atoms with Crippen LogP contribution in [0.5, 0.6) is 0 Å². The molecule has 600 valence electrons. The predicted molar refractivity (Wildman–Crippen MR) is 440 cm³/mol. The fraction of sp³-hybridized carbons (Fsp3) is 0.500. The number of aromatic amines is 5. The summed E-state index contributed by atoms with van der Waals surface area (Å²) in [6.07, 6.45) is 16.2. The SMILES string of the molecule is [2H]C([2H])([N+]#[C-])C(=O)N1CC[C@@H](C([2H])([2H])[2H])[C@@]([2H])(N(C)c2ncnc3[nH]ccc23)C1.[2H]C([2H])([N+]#[C-])C(=O)N1CC[C@@H](C)[C@@]([2H])(N(C)c2ncnc3[nH]ccc23)C1.[2H]C([2H])([N+]#[C-])C(=O)N1CC[C@@]([2H])(C([2H])([2H])[2H])[C@@H](N(C)c2ncnc3[nH]ccc23)C1.[2H]C([2H])([N+]#[C-])C(=O)N1CC[C@@]([2H])(C)[C@@H](N(C)c2ncnc3[nH]ccc23)C1.[2H]C([2H])([N+]#[C-])C(=O)N1CC[C@@]([2H])(C)[C@@]([2H])(N(C)c2ncnc3[nH]ccc23)C1. The van der Waals surface area contributed by atoms with Crippen LogP contribution in [0.25, 0.3) is 79.4 Å². The van der Waals surface area contributed by atoms with Crippen molar-refractivity contribution in [3.05, 3.63) is 150 Å². The van der Waals surface area contributed by atoms with E-state index in [1.807, 2.05) is 31.0 Å². The minimum Gasteiger partial charge on any atom is -0.354 e. The normalized spacial score (nSPS) is 28.7. The van der Waals surface area contributed by atoms with Crippen LogP contribution < -0.4 is 24.5 Å². The summed E-state index contributed by atoms with van der Waals surface area (Å²) < 4.78 is 177. The van der Waals surface area contributed by atoms with Crippen molar-refractivity contribution in [2.24, 2.45) is 29.5 Å². The van der Waals surface area contributed by atoms with Crippen LogP contribution in [0.15, 0.2) is 93.0 Å². The van der Waals surface area contributed by atoms with E-state index in [2.05, 4.69) is 99.0 Å². The van der Waals surface area contributed by atoms with Crippen molar-refractivity contribution in [3.63, 3.8) is 0 Å². The Morgan fingerprint density at radius 2 is 0.635 bits per heavy atom. The number of rotatable bonds is 15. The van der Waals surface area contributed by atoms with E-state index in [-0.39, 0.29) is 84.1 Å². The van der Waals surface area contributed by atoms with Crippen LogP contribution in [0.2, 0.25) is 0 Å². The zero-order chi connectivity index (χ0) is 101. The highest BCUT2D eigenvalue weighted by Crippen LogP contribution is 2.35. The number of likely N-dealkylation sites (tertiary alicyclic amines) is 5. The van der Waals surface area contributed by atoms with Crippen molar-refractivity contribution in [2.45, 2.75) is 96.7 Å². The lowest BCUT2D eigenvalue weighted by molar-refractivity contribution is -0.131. The average molecular weight is 1580 g/mol. The molecule has 15 heterocycles. The highest BCUT2D eigenvalue weighted by atomic mass is 16.2. The number of piperidine rings is 5. The molecule has 115 heavy (non-hydrogen) atoms. The second-order valence-corrected chi connectivity index (χ2v) is 27.3. The van der Waals surface area contributed by atoms with Gasteiger partial charge in [-0.2, -0.15) is 0 Å². The highest BCUT2D eigenvalue weighted by Gasteiger charge is 2.39. The Kier molecular flexibility index (Phi) is 19.3. The quantitative estimate of drug-likeness (QED) is 0.0612. The predicted octanol–water partition coefficient (Wildman–Crippen LogP) is 7.75. The maximum absolute atomic E-state index is 12.5. The van der Waals surface area contributed by atoms with E-state index in [4.69, 9.17) is 63.0 Å². The van der Waals surface area contributed by atoms with Gasteiger partial charge in [0.05, 0.1) is 61.2 Å². The second-order valence-electron chi connectivity index (χ2n) is 27.3. The summed E-state index contributed by atoms with van der Waals surface area (Å²) in [5.74, 6) is -7.69. The molecule has 0 aliphatic carbocycles. The number of aromatic nitrogens is 15. The molecule has 35 heteroatoms. The number of hydrogen-bond acceptors (Lipinski definition) is 20. The third-order valence-electron chi connectivity index (χ3n) is 20.7. The first-order chi connectivity index (χ1) is 63.7. The van der Waals surface area contributed by atoms with E-state index in [9.17, 15) is 24.0 Å². The molecule has 5 amide bonds. The zero-order valence-electron chi connectivity index (χ0n) is 86.3. The van der Waals surface area contributed by atoms with E-state index < -0.39 is 129 Å². The molecule has 0 saturated carbocycles. The van der Waals surface area contributed by atoms with Gasteiger partial charge in [0, 0.05) is 144 Å². The fourth-order valence-electron chi connectivity index (χ4n) is 14.2. The molecule has 5 fully saturated rings. The maximum Gasteiger partial charge on any atom is 0.302 e. The lowest BCUT2D eigenvalue weighted by atomic mass is 9.92. The topological polar surface area (TPSA) is 347 Å². The van der Waals surface area contributed by atoms with Gasteiger partial charge in [-0.25, -0.2) is 82.7 Å². The van der Waals surface area contributed by atoms with E-state index in [0.717, 1.165) is 25.5 Å². The Hall–Kier alpha value is -13.1. The molecule has 35 nitrogen and oxygen atoms in total. The standard InChI is InChI=1S/5C16H20N6O/c5*1-11-5-7-22(14(23)8-17-2)9-13(11)21(3)16-12-4-6-18-15(12)19-10-20-16/h5*4,6,10-11,13H,5,7-9H2,1,3H3,(H,18,19,20)/t5*11-,13+/m11111/s1/i8D2,11D,13D;1D3,8D2,13D;1D3,8D2,11D;8D2,13D;8D2,11D. The minimum atomic E-state index is -2.77. The number of likely N-dealkylation sites (N-methyl/N-ethyl adjacent to an activating group) is 5. The lowest BCUT2D eigenvalue weighted by Gasteiger charge is -2.41. The first-order valence-corrected chi connectivity index (χ1v) is 36.2. The van der Waals surface area contributed by atoms with Gasteiger partial charge in [-0.05, 0) is 92.0 Å². The molecule has 5 N–H and O–H groups in total. The molecule has 5 aliphatic rings. The van der Waals surface area contributed by atoms with E-state index >= 15 is 0 Å². The van der Waals surface area contributed by atoms with E-state index in [1.165, 1.54) is 63.2 Å². The Balaban J connectivity index is 0.000000164. The third-order valence-corrected chi connectivity index (χ3v) is 20.7. The number of carbonyl (C=O) groups is 5. The summed E-state index contributed by atoms with van der Waals surface area (Å²) in [6.45, 7) is 21.3. The Morgan fingerprint density at radius 1 is 0.374 bits per heavy atom. The molecule has 0 spiro atoms. The Morgan fingerprint density at radius 3 is 0.957 bits per heavy atom. The van der Waals surface area contributed by atoms with Crippen LogP contribution in [0.1, 0.15) is 96.7 Å². The fourth-order valence-corrected chi connectivity index (χ4v) is 14.2. The van der Waals surface area contributed by atoms with Gasteiger partial charge < -0.3 is 98.1 Å². The number of nitrogens with zero attached hydrogens (tertiary/aromatic N) is 25. The van der Waals surface area contributed by atoms with Gasteiger partial charge >= 0.3 is 29.5 Å². The third kappa shape index (κ3) is 19.2. The molecule has 15 rings (SSSR count). The number of carbonyl (C=O) groups excluding carboxylic acids is 5. The van der Waals surface area contributed by atoms with Gasteiger partial charge in [-0.1, -0.05) is 34.5 Å². The summed E-state index contributed by atoms with van der Waals surface area (Å²) in [5.41, 5.74) is 2.99. The molecule has 0 bridgehead atoms. The van der Waals surface area contributed by atoms with Gasteiger partial charge in [0.25, 0.3) is 32.5 Å². The van der Waals surface area contributed by atoms with Crippen molar-refractivity contribution in [1.82, 2.24) is 99.3 Å². The number of nitrogens with one attached hydrogen (secondary N) is 5. The summed E-state index contributed by atoms with van der Waals surface area (Å²) in [7, 11) is 8.30. The van der Waals surface area contributed by atoms with Crippen molar-refractivity contribution < 1.29 is 54.1 Å². The number of anilines is 5. The van der Waals surface area contributed by atoms with Gasteiger partial charge in [0.15, 0.2) is 0 Å². The van der Waals surface area contributed by atoms with Crippen LogP contribution in [-0.4, -0.2) is 292 Å². The molecular formula is C80H100N30O5. The number of amides is 5. The minimum absolute atomic E-state index is 0.00551. The van der Waals surface area contributed by atoms with Crippen LogP contribution in [0.4, 0.5) is 29.1 Å². The molecule has 10 atom stereocenters. The lowest BCUT2D eigenvalue weighted by Crippen LogP contribution is -2.53. The largest absolute Gasteiger partial charge is 0.354 e. The van der Waals surface area contributed by atoms with Crippen LogP contribution in [-0.2, 0) is 24.0 Å². The molecular weight excluding hydrogens is 1460 g/mol. The number of H-pyrrole nitrogens is 5. The van der Waals surface area contributed by atoms with Gasteiger partial charge in [-0.15, -0.1) is 0 Å². The molecule has 5 aliphatic heterocycles. The van der Waals surface area contributed by atoms with Crippen molar-refractivity contribution in [2.75, 3.05) is 158 Å². The van der Waals surface area contributed by atoms with Crippen LogP contribution in [0, 0.1) is 62.4 Å². The smallest absolute Gasteiger partial charge is 0.302 e. The van der Waals surface area contributed by atoms with Crippen molar-refractivity contribution in [3.8, 4) is 0 Å². The van der Waals surface area contributed by atoms with Crippen LogP contribution in [0.3, 0.4) is 0 Å². The zero-order valence-corrected chi connectivity index (χ0v) is 64.3. The summed E-state index contributed by atoms with van der Waals surface area (Å²) in [6, 6.07) is 2.85. The number of fused-ring (bicyclic) bond motifs is 5. The van der Waals surface area contributed by atoms with Gasteiger partial charge in [-0.3, -0.25) is 24.0 Å². The monoisotopic (exact) mass is 1580 g/mol. The van der Waals surface area contributed by atoms with E-state index in [1.54, 1.807) is 89.1 Å². The second kappa shape index (κ2) is 38.4. The summed E-state index contributed by atoms with van der Waals surface area (Å²) in [5, 5.41) is 3.48. The molecule has 0 unspecified atom stereocenters. The summed E-state index contributed by atoms with van der Waals surface area (Å²) in [4.78, 5) is 147. The molecule has 10 aromatic heterocycles. The Labute approximate surface area is 699 Å². The van der Waals surface area contributed by atoms with Gasteiger partial charge in [0.2, 0.25) is 0 Å². The number of hydrogen-bond donors (Lipinski definition) is 5. The molecule has 0 aromatic carbocycles. The first kappa shape index (κ1) is 57.9.